The van der Waals surface area contributed by atoms with E-state index in [-0.39, 0.29) is 0 Å². The molecule has 0 aromatic rings. The molecule has 1 atom stereocenters. The smallest absolute Gasteiger partial charge is 0.348 e. The van der Waals surface area contributed by atoms with Crippen molar-refractivity contribution in [1.82, 2.24) is 4.90 Å². The predicted octanol–water partition coefficient (Wildman–Crippen LogP) is 0.661. The van der Waals surface area contributed by atoms with Crippen molar-refractivity contribution in [3.63, 3.8) is 0 Å². The Bertz CT molecular complexity index is 132. The minimum Gasteiger partial charge on any atom is -0.478 e. The van der Waals surface area contributed by atoms with Crippen molar-refractivity contribution < 1.29 is 14.3 Å². The number of carbonyl (C=O) groups is 1. The molecule has 0 radical (unpaired) electrons. The standard InChI is InChI=1S/C6H12FNO2S/c1-8(2)3-4-11-5(7)6(9)10/h5H,3-4H2,1-2H3,(H,9,10). The van der Waals surface area contributed by atoms with Gasteiger partial charge in [-0.2, -0.15) is 0 Å². The van der Waals surface area contributed by atoms with Crippen LogP contribution in [0.3, 0.4) is 0 Å². The Kier molecular flexibility index (Phi) is 5.23. The van der Waals surface area contributed by atoms with Crippen LogP contribution >= 0.6 is 11.8 Å². The van der Waals surface area contributed by atoms with Gasteiger partial charge in [-0.25, -0.2) is 9.18 Å². The quantitative estimate of drug-likeness (QED) is 0.676. The van der Waals surface area contributed by atoms with E-state index in [0.717, 1.165) is 11.8 Å². The van der Waals surface area contributed by atoms with Crippen LogP contribution in [-0.2, 0) is 4.79 Å². The first-order chi connectivity index (χ1) is 5.04. The lowest BCUT2D eigenvalue weighted by atomic mass is 10.7. The third-order valence-electron chi connectivity index (χ3n) is 0.997. The first-order valence-corrected chi connectivity index (χ1v) is 4.22. The lowest BCUT2D eigenvalue weighted by molar-refractivity contribution is -0.139. The van der Waals surface area contributed by atoms with Crippen LogP contribution in [-0.4, -0.2) is 47.9 Å². The predicted molar refractivity (Wildman–Crippen MR) is 43.5 cm³/mol. The van der Waals surface area contributed by atoms with Crippen LogP contribution in [0, 0.1) is 0 Å². The van der Waals surface area contributed by atoms with Crippen LogP contribution < -0.4 is 0 Å². The molecular formula is C6H12FNO2S. The zero-order valence-electron chi connectivity index (χ0n) is 6.58. The normalized spacial score (nSPS) is 13.5. The Labute approximate surface area is 69.6 Å². The average molecular weight is 181 g/mol. The highest BCUT2D eigenvalue weighted by Crippen LogP contribution is 2.11. The fourth-order valence-corrected chi connectivity index (χ4v) is 1.23. The van der Waals surface area contributed by atoms with Gasteiger partial charge in [0.25, 0.3) is 0 Å². The molecule has 0 rings (SSSR count). The topological polar surface area (TPSA) is 40.5 Å². The summed E-state index contributed by atoms with van der Waals surface area (Å²) in [5.41, 5.74) is -1.78. The number of hydrogen-bond acceptors (Lipinski definition) is 3. The van der Waals surface area contributed by atoms with Gasteiger partial charge in [0.15, 0.2) is 0 Å². The Morgan fingerprint density at radius 3 is 2.64 bits per heavy atom. The summed E-state index contributed by atoms with van der Waals surface area (Å²) in [6.45, 7) is 0.693. The third kappa shape index (κ3) is 6.12. The summed E-state index contributed by atoms with van der Waals surface area (Å²) >= 11 is 0.805. The van der Waals surface area contributed by atoms with Crippen LogP contribution in [0.25, 0.3) is 0 Å². The molecular weight excluding hydrogens is 169 g/mol. The summed E-state index contributed by atoms with van der Waals surface area (Å²) in [4.78, 5) is 11.8. The lowest BCUT2D eigenvalue weighted by Gasteiger charge is -2.08. The number of rotatable bonds is 5. The fraction of sp³-hybridized carbons (Fsp3) is 0.833. The van der Waals surface area contributed by atoms with E-state index in [1.165, 1.54) is 0 Å². The van der Waals surface area contributed by atoms with E-state index in [2.05, 4.69) is 0 Å². The molecule has 11 heavy (non-hydrogen) atoms. The molecule has 3 nitrogen and oxygen atoms in total. The second-order valence-electron chi connectivity index (χ2n) is 2.33. The second kappa shape index (κ2) is 5.37. The molecule has 0 amide bonds. The first kappa shape index (κ1) is 10.7. The molecule has 0 heterocycles. The number of carboxylic acids is 1. The van der Waals surface area contributed by atoms with Gasteiger partial charge in [-0.1, -0.05) is 0 Å². The van der Waals surface area contributed by atoms with Crippen LogP contribution in [0.5, 0.6) is 0 Å². The van der Waals surface area contributed by atoms with E-state index < -0.39 is 11.5 Å². The van der Waals surface area contributed by atoms with E-state index in [1.807, 2.05) is 19.0 Å². The molecule has 0 aromatic heterocycles. The van der Waals surface area contributed by atoms with E-state index in [0.29, 0.717) is 12.3 Å². The largest absolute Gasteiger partial charge is 0.478 e. The number of alkyl halides is 1. The zero-order chi connectivity index (χ0) is 8.85. The van der Waals surface area contributed by atoms with Gasteiger partial charge >= 0.3 is 5.97 Å². The molecule has 1 unspecified atom stereocenters. The Morgan fingerprint density at radius 2 is 2.27 bits per heavy atom. The lowest BCUT2D eigenvalue weighted by Crippen LogP contribution is -2.18. The highest BCUT2D eigenvalue weighted by atomic mass is 32.2. The van der Waals surface area contributed by atoms with Gasteiger partial charge in [0, 0.05) is 12.3 Å². The number of carboxylic acid groups (broad SMARTS) is 1. The van der Waals surface area contributed by atoms with Crippen molar-refractivity contribution in [2.45, 2.75) is 5.50 Å². The van der Waals surface area contributed by atoms with E-state index in [9.17, 15) is 9.18 Å². The van der Waals surface area contributed by atoms with Gasteiger partial charge in [0.05, 0.1) is 0 Å². The maximum absolute atomic E-state index is 12.3. The highest BCUT2D eigenvalue weighted by molar-refractivity contribution is 8.00. The Hall–Kier alpha value is -0.290. The SMILES string of the molecule is CN(C)CCSC(F)C(=O)O. The molecule has 0 aliphatic rings. The van der Waals surface area contributed by atoms with E-state index in [4.69, 9.17) is 5.11 Å². The zero-order valence-corrected chi connectivity index (χ0v) is 7.40. The maximum Gasteiger partial charge on any atom is 0.348 e. The van der Waals surface area contributed by atoms with Crippen molar-refractivity contribution in [3.05, 3.63) is 0 Å². The van der Waals surface area contributed by atoms with Gasteiger partial charge < -0.3 is 10.0 Å². The summed E-state index contributed by atoms with van der Waals surface area (Å²) in [6, 6.07) is 0. The second-order valence-corrected chi connectivity index (χ2v) is 3.48. The Morgan fingerprint density at radius 1 is 1.73 bits per heavy atom. The molecule has 0 aliphatic heterocycles. The number of hydrogen-bond donors (Lipinski definition) is 1. The monoisotopic (exact) mass is 181 g/mol. The number of thioether (sulfide) groups is 1. The number of aliphatic carboxylic acids is 1. The van der Waals surface area contributed by atoms with Crippen LogP contribution in [0.15, 0.2) is 0 Å². The number of nitrogens with zero attached hydrogens (tertiary/aromatic N) is 1. The average Bonchev–Trinajstić information content (AvgIpc) is 1.86. The molecule has 0 fully saturated rings. The molecule has 0 aromatic carbocycles. The molecule has 1 N–H and O–H groups in total. The summed E-state index contributed by atoms with van der Waals surface area (Å²) in [6.07, 6.45) is 0. The van der Waals surface area contributed by atoms with Crippen molar-refractivity contribution in [2.24, 2.45) is 0 Å². The van der Waals surface area contributed by atoms with Gasteiger partial charge in [-0.3, -0.25) is 0 Å². The van der Waals surface area contributed by atoms with E-state index in [1.54, 1.807) is 0 Å². The molecule has 0 aliphatic carbocycles. The minimum absolute atomic E-state index is 0.500. The first-order valence-electron chi connectivity index (χ1n) is 3.17. The van der Waals surface area contributed by atoms with Crippen LogP contribution in [0.1, 0.15) is 0 Å². The van der Waals surface area contributed by atoms with Gasteiger partial charge in [0.2, 0.25) is 5.50 Å². The van der Waals surface area contributed by atoms with Gasteiger partial charge in [0.1, 0.15) is 0 Å². The molecule has 0 spiro atoms. The molecule has 66 valence electrons. The molecule has 0 bridgehead atoms. The summed E-state index contributed by atoms with van der Waals surface area (Å²) in [5.74, 6) is -0.894. The molecule has 5 heteroatoms. The van der Waals surface area contributed by atoms with E-state index >= 15 is 0 Å². The highest BCUT2D eigenvalue weighted by Gasteiger charge is 2.14. The Balaban J connectivity index is 3.31. The molecule has 0 saturated heterocycles. The van der Waals surface area contributed by atoms with Gasteiger partial charge in [-0.05, 0) is 14.1 Å². The van der Waals surface area contributed by atoms with Crippen LogP contribution in [0.2, 0.25) is 0 Å². The van der Waals surface area contributed by atoms with Crippen LogP contribution in [0.4, 0.5) is 4.39 Å². The fourth-order valence-electron chi connectivity index (χ4n) is 0.410. The summed E-state index contributed by atoms with van der Waals surface area (Å²) in [7, 11) is 3.71. The van der Waals surface area contributed by atoms with Crippen molar-refractivity contribution in [1.29, 1.82) is 0 Å². The van der Waals surface area contributed by atoms with Crippen molar-refractivity contribution >= 4 is 17.7 Å². The minimum atomic E-state index is -1.78. The van der Waals surface area contributed by atoms with Crippen molar-refractivity contribution in [3.8, 4) is 0 Å². The molecule has 0 saturated carbocycles. The summed E-state index contributed by atoms with van der Waals surface area (Å²) < 4.78 is 12.3. The summed E-state index contributed by atoms with van der Waals surface area (Å²) in [5, 5.41) is 8.14. The van der Waals surface area contributed by atoms with Crippen molar-refractivity contribution in [2.75, 3.05) is 26.4 Å². The maximum atomic E-state index is 12.3. The van der Waals surface area contributed by atoms with Gasteiger partial charge in [-0.15, -0.1) is 11.8 Å². The third-order valence-corrected chi connectivity index (χ3v) is 1.91. The number of halogens is 1.